The number of rotatable bonds is 5. The smallest absolute Gasteiger partial charge is 0.387 e. The van der Waals surface area contributed by atoms with Crippen LogP contribution in [0.25, 0.3) is 0 Å². The molecule has 1 aliphatic rings. The SMILES string of the molecule is O=C(NCc1ccc(OC(F)F)cc1)c1cccc2c1CCCN2. The minimum Gasteiger partial charge on any atom is -0.435 e. The Labute approximate surface area is 138 Å². The molecule has 1 amide bonds. The summed E-state index contributed by atoms with van der Waals surface area (Å²) in [5.41, 5.74) is 3.55. The summed E-state index contributed by atoms with van der Waals surface area (Å²) in [6.07, 6.45) is 1.88. The third kappa shape index (κ3) is 3.82. The van der Waals surface area contributed by atoms with Crippen LogP contribution in [0.4, 0.5) is 14.5 Å². The summed E-state index contributed by atoms with van der Waals surface area (Å²) in [6, 6.07) is 11.9. The summed E-state index contributed by atoms with van der Waals surface area (Å²) in [7, 11) is 0. The molecule has 0 aliphatic carbocycles. The molecule has 0 saturated heterocycles. The van der Waals surface area contributed by atoms with E-state index in [1.807, 2.05) is 18.2 Å². The average molecular weight is 332 g/mol. The van der Waals surface area contributed by atoms with Crippen molar-refractivity contribution < 1.29 is 18.3 Å². The summed E-state index contributed by atoms with van der Waals surface area (Å²) in [5.74, 6) is -0.0354. The van der Waals surface area contributed by atoms with E-state index in [0.29, 0.717) is 12.1 Å². The lowest BCUT2D eigenvalue weighted by Crippen LogP contribution is -2.25. The van der Waals surface area contributed by atoms with E-state index in [1.165, 1.54) is 12.1 Å². The highest BCUT2D eigenvalue weighted by Crippen LogP contribution is 2.25. The first-order valence-corrected chi connectivity index (χ1v) is 7.81. The molecule has 24 heavy (non-hydrogen) atoms. The van der Waals surface area contributed by atoms with Crippen molar-refractivity contribution in [3.63, 3.8) is 0 Å². The number of ether oxygens (including phenoxy) is 1. The minimum atomic E-state index is -2.84. The summed E-state index contributed by atoms with van der Waals surface area (Å²) < 4.78 is 28.5. The Bertz CT molecular complexity index is 717. The van der Waals surface area contributed by atoms with Crippen molar-refractivity contribution in [2.75, 3.05) is 11.9 Å². The van der Waals surface area contributed by atoms with E-state index >= 15 is 0 Å². The molecule has 0 fully saturated rings. The van der Waals surface area contributed by atoms with Gasteiger partial charge in [-0.25, -0.2) is 0 Å². The highest BCUT2D eigenvalue weighted by Gasteiger charge is 2.17. The first kappa shape index (κ1) is 16.2. The fourth-order valence-electron chi connectivity index (χ4n) is 2.79. The summed E-state index contributed by atoms with van der Waals surface area (Å²) in [4.78, 5) is 12.4. The van der Waals surface area contributed by atoms with Crippen molar-refractivity contribution >= 4 is 11.6 Å². The molecule has 4 nitrogen and oxygen atoms in total. The van der Waals surface area contributed by atoms with Gasteiger partial charge in [0.1, 0.15) is 5.75 Å². The number of carbonyl (C=O) groups excluding carboxylic acids is 1. The van der Waals surface area contributed by atoms with Gasteiger partial charge >= 0.3 is 6.61 Å². The molecular weight excluding hydrogens is 314 g/mol. The summed E-state index contributed by atoms with van der Waals surface area (Å²) >= 11 is 0. The number of alkyl halides is 2. The number of halogens is 2. The van der Waals surface area contributed by atoms with Gasteiger partial charge in [0.05, 0.1) is 0 Å². The van der Waals surface area contributed by atoms with E-state index < -0.39 is 6.61 Å². The molecule has 0 spiro atoms. The molecule has 0 unspecified atom stereocenters. The van der Waals surface area contributed by atoms with Crippen LogP contribution in [0.2, 0.25) is 0 Å². The Morgan fingerprint density at radius 3 is 2.75 bits per heavy atom. The normalized spacial score (nSPS) is 13.1. The number of anilines is 1. The van der Waals surface area contributed by atoms with Crippen LogP contribution in [0.3, 0.4) is 0 Å². The molecule has 126 valence electrons. The van der Waals surface area contributed by atoms with Crippen LogP contribution in [0, 0.1) is 0 Å². The van der Waals surface area contributed by atoms with Gasteiger partial charge in [0.2, 0.25) is 0 Å². The van der Waals surface area contributed by atoms with Crippen LogP contribution >= 0.6 is 0 Å². The second-order valence-corrected chi connectivity index (χ2v) is 5.57. The maximum Gasteiger partial charge on any atom is 0.387 e. The van der Waals surface area contributed by atoms with E-state index in [2.05, 4.69) is 15.4 Å². The van der Waals surface area contributed by atoms with Crippen molar-refractivity contribution in [1.82, 2.24) is 5.32 Å². The van der Waals surface area contributed by atoms with Gasteiger partial charge in [0.15, 0.2) is 0 Å². The molecule has 0 aromatic heterocycles. The Morgan fingerprint density at radius 1 is 1.21 bits per heavy atom. The van der Waals surface area contributed by atoms with Gasteiger partial charge in [0, 0.05) is 24.3 Å². The molecule has 2 aromatic rings. The molecule has 1 aliphatic heterocycles. The fraction of sp³-hybridized carbons (Fsp3) is 0.278. The summed E-state index contributed by atoms with van der Waals surface area (Å²) in [5, 5.41) is 6.17. The number of carbonyl (C=O) groups is 1. The fourth-order valence-corrected chi connectivity index (χ4v) is 2.79. The van der Waals surface area contributed by atoms with E-state index in [-0.39, 0.29) is 11.7 Å². The van der Waals surface area contributed by atoms with Crippen molar-refractivity contribution in [2.24, 2.45) is 0 Å². The van der Waals surface area contributed by atoms with Crippen molar-refractivity contribution in [2.45, 2.75) is 26.0 Å². The van der Waals surface area contributed by atoms with Crippen LogP contribution in [-0.4, -0.2) is 19.1 Å². The van der Waals surface area contributed by atoms with Gasteiger partial charge in [-0.3, -0.25) is 4.79 Å². The number of hydrogen-bond acceptors (Lipinski definition) is 3. The molecule has 2 N–H and O–H groups in total. The van der Waals surface area contributed by atoms with Gasteiger partial charge in [-0.15, -0.1) is 0 Å². The third-order valence-corrected chi connectivity index (χ3v) is 3.94. The lowest BCUT2D eigenvalue weighted by atomic mass is 9.97. The molecule has 1 heterocycles. The first-order valence-electron chi connectivity index (χ1n) is 7.81. The highest BCUT2D eigenvalue weighted by atomic mass is 19.3. The lowest BCUT2D eigenvalue weighted by molar-refractivity contribution is -0.0498. The molecule has 0 bridgehead atoms. The summed E-state index contributed by atoms with van der Waals surface area (Å²) in [6.45, 7) is -1.59. The number of hydrogen-bond donors (Lipinski definition) is 2. The topological polar surface area (TPSA) is 50.4 Å². The highest BCUT2D eigenvalue weighted by molar-refractivity contribution is 5.97. The second kappa shape index (κ2) is 7.29. The maximum absolute atomic E-state index is 12.4. The number of benzene rings is 2. The largest absolute Gasteiger partial charge is 0.435 e. The molecule has 0 radical (unpaired) electrons. The zero-order valence-electron chi connectivity index (χ0n) is 13.0. The monoisotopic (exact) mass is 332 g/mol. The average Bonchev–Trinajstić information content (AvgIpc) is 2.60. The maximum atomic E-state index is 12.4. The van der Waals surface area contributed by atoms with Crippen LogP contribution in [0.1, 0.15) is 27.9 Å². The molecular formula is C18H18F2N2O2. The first-order chi connectivity index (χ1) is 11.6. The van der Waals surface area contributed by atoms with Crippen molar-refractivity contribution in [1.29, 1.82) is 0 Å². The van der Waals surface area contributed by atoms with Crippen molar-refractivity contribution in [3.05, 3.63) is 59.2 Å². The van der Waals surface area contributed by atoms with E-state index in [1.54, 1.807) is 12.1 Å². The molecule has 0 saturated carbocycles. The molecule has 2 aromatic carbocycles. The predicted octanol–water partition coefficient (Wildman–Crippen LogP) is 3.58. The molecule has 0 atom stereocenters. The van der Waals surface area contributed by atoms with E-state index in [9.17, 15) is 13.6 Å². The van der Waals surface area contributed by atoms with Gasteiger partial charge in [-0.1, -0.05) is 18.2 Å². The Kier molecular flexibility index (Phi) is 4.93. The van der Waals surface area contributed by atoms with E-state index in [4.69, 9.17) is 0 Å². The van der Waals surface area contributed by atoms with Crippen LogP contribution in [0.5, 0.6) is 5.75 Å². The quantitative estimate of drug-likeness (QED) is 0.880. The van der Waals surface area contributed by atoms with Crippen LogP contribution in [0.15, 0.2) is 42.5 Å². The minimum absolute atomic E-state index is 0.100. The Balaban J connectivity index is 1.64. The van der Waals surface area contributed by atoms with E-state index in [0.717, 1.165) is 36.2 Å². The number of nitrogens with one attached hydrogen (secondary N) is 2. The number of amides is 1. The zero-order valence-corrected chi connectivity index (χ0v) is 13.0. The Morgan fingerprint density at radius 2 is 2.00 bits per heavy atom. The van der Waals surface area contributed by atoms with Crippen molar-refractivity contribution in [3.8, 4) is 5.75 Å². The van der Waals surface area contributed by atoms with Gasteiger partial charge < -0.3 is 15.4 Å². The van der Waals surface area contributed by atoms with Gasteiger partial charge in [-0.05, 0) is 48.2 Å². The standard InChI is InChI=1S/C18H18F2N2O2/c19-18(20)24-13-8-6-12(7-9-13)11-22-17(23)15-3-1-5-16-14(15)4-2-10-21-16/h1,3,5-9,18,21H,2,4,10-11H2,(H,22,23). The third-order valence-electron chi connectivity index (χ3n) is 3.94. The second-order valence-electron chi connectivity index (χ2n) is 5.57. The van der Waals surface area contributed by atoms with Gasteiger partial charge in [0.25, 0.3) is 5.91 Å². The molecule has 3 rings (SSSR count). The van der Waals surface area contributed by atoms with Crippen LogP contribution < -0.4 is 15.4 Å². The van der Waals surface area contributed by atoms with Gasteiger partial charge in [-0.2, -0.15) is 8.78 Å². The Hall–Kier alpha value is -2.63. The lowest BCUT2D eigenvalue weighted by Gasteiger charge is -2.20. The predicted molar refractivity (Wildman–Crippen MR) is 87.5 cm³/mol. The molecule has 6 heteroatoms. The zero-order chi connectivity index (χ0) is 16.9. The number of fused-ring (bicyclic) bond motifs is 1. The van der Waals surface area contributed by atoms with Crippen LogP contribution in [-0.2, 0) is 13.0 Å².